The van der Waals surface area contributed by atoms with Gasteiger partial charge in [0.15, 0.2) is 0 Å². The van der Waals surface area contributed by atoms with Crippen LogP contribution >= 0.6 is 0 Å². The largest absolute Gasteiger partial charge is 0.344 e. The van der Waals surface area contributed by atoms with Crippen LogP contribution in [0.3, 0.4) is 0 Å². The maximum absolute atomic E-state index is 15.8. The van der Waals surface area contributed by atoms with E-state index in [9.17, 15) is 9.59 Å². The number of nitrogens with zero attached hydrogens (tertiary/aromatic N) is 3. The fraction of sp³-hybridized carbons (Fsp3) is 0.515. The van der Waals surface area contributed by atoms with Crippen molar-refractivity contribution in [1.82, 2.24) is 25.2 Å². The zero-order valence-electron chi connectivity index (χ0n) is 25.0. The number of amides is 3. The smallest absolute Gasteiger partial charge is 0.317 e. The third-order valence-corrected chi connectivity index (χ3v) is 9.07. The third-order valence-electron chi connectivity index (χ3n) is 9.07. The van der Waals surface area contributed by atoms with E-state index in [0.29, 0.717) is 44.0 Å². The number of fused-ring (bicyclic) bond motifs is 1. The van der Waals surface area contributed by atoms with Gasteiger partial charge in [-0.25, -0.2) is 14.7 Å². The van der Waals surface area contributed by atoms with Gasteiger partial charge < -0.3 is 19.7 Å². The number of carbonyl (C=O) groups excluding carboxylic acids is 2. The third kappa shape index (κ3) is 6.79. The summed E-state index contributed by atoms with van der Waals surface area (Å²) in [5.74, 6) is 0.00983. The average molecular weight is 578 g/mol. The number of hydrogen-bond donors (Lipinski definition) is 3. The van der Waals surface area contributed by atoms with E-state index < -0.39 is 11.6 Å². The highest BCUT2D eigenvalue weighted by molar-refractivity contribution is 5.93. The Bertz CT molecular complexity index is 1390. The normalized spacial score (nSPS) is 18.0. The molecule has 2 aromatic carbocycles. The summed E-state index contributed by atoms with van der Waals surface area (Å²) in [4.78, 5) is 28.0. The molecule has 8 nitrogen and oxygen atoms in total. The van der Waals surface area contributed by atoms with Crippen molar-refractivity contribution in [2.45, 2.75) is 71.1 Å². The number of piperidine rings is 2. The molecule has 0 spiro atoms. The Hall–Kier alpha value is -3.43. The van der Waals surface area contributed by atoms with Gasteiger partial charge in [-0.1, -0.05) is 30.3 Å². The number of carbonyl (C=O) groups is 2. The summed E-state index contributed by atoms with van der Waals surface area (Å²) in [6.07, 6.45) is 3.62. The number of benzene rings is 2. The summed E-state index contributed by atoms with van der Waals surface area (Å²) in [5.41, 5.74) is 5.76. The molecule has 226 valence electrons. The molecule has 3 N–H and O–H groups in total. The summed E-state index contributed by atoms with van der Waals surface area (Å²) in [6.45, 7) is 10.2. The molecule has 3 heterocycles. The molecule has 0 radical (unpaired) electrons. The van der Waals surface area contributed by atoms with Crippen molar-refractivity contribution in [2.24, 2.45) is 5.92 Å². The lowest BCUT2D eigenvalue weighted by atomic mass is 9.90. The van der Waals surface area contributed by atoms with Crippen molar-refractivity contribution in [3.63, 3.8) is 0 Å². The molecule has 42 heavy (non-hydrogen) atoms. The van der Waals surface area contributed by atoms with Crippen LogP contribution in [0.4, 0.5) is 9.18 Å². The van der Waals surface area contributed by atoms with Crippen LogP contribution < -0.4 is 10.8 Å². The van der Waals surface area contributed by atoms with E-state index in [4.69, 9.17) is 5.21 Å². The van der Waals surface area contributed by atoms with Crippen LogP contribution in [0.2, 0.25) is 0 Å². The van der Waals surface area contributed by atoms with Crippen LogP contribution in [0.5, 0.6) is 0 Å². The van der Waals surface area contributed by atoms with E-state index in [1.54, 1.807) is 22.5 Å². The number of alkyl halides is 1. The van der Waals surface area contributed by atoms with E-state index >= 15 is 4.39 Å². The van der Waals surface area contributed by atoms with E-state index in [1.165, 1.54) is 22.2 Å². The first-order chi connectivity index (χ1) is 20.2. The monoisotopic (exact) mass is 577 g/mol. The van der Waals surface area contributed by atoms with Crippen molar-refractivity contribution >= 4 is 22.8 Å². The molecule has 1 aromatic heterocycles. The molecule has 0 unspecified atom stereocenters. The molecule has 9 heteroatoms. The summed E-state index contributed by atoms with van der Waals surface area (Å²) in [5, 5.41) is 13.1. The van der Waals surface area contributed by atoms with Gasteiger partial charge in [0.2, 0.25) is 0 Å². The van der Waals surface area contributed by atoms with Gasteiger partial charge in [0.05, 0.1) is 0 Å². The van der Waals surface area contributed by atoms with Crippen molar-refractivity contribution in [3.05, 3.63) is 70.9 Å². The van der Waals surface area contributed by atoms with Crippen molar-refractivity contribution in [2.75, 3.05) is 32.7 Å². The number of para-hydroxylation sites is 1. The standard InChI is InChI=1S/C33H44FN5O3/c1-23(2)35-32(41)38-18-14-33(34,15-19-38)22-37-16-12-26(13-17-37)21-39-24(3)29(28-6-4-5-7-30(28)39)20-25-8-10-27(11-9-25)31(40)36-42/h4-11,23,26,42H,12-22H2,1-3H3,(H,35,41)(H,36,40). The number of hydrogen-bond acceptors (Lipinski definition) is 4. The Kier molecular flexibility index (Phi) is 9.18. The molecule has 3 aromatic rings. The fourth-order valence-electron chi connectivity index (χ4n) is 6.60. The zero-order chi connectivity index (χ0) is 29.9. The second kappa shape index (κ2) is 12.8. The Labute approximate surface area is 247 Å². The van der Waals surface area contributed by atoms with Gasteiger partial charge in [-0.15, -0.1) is 0 Å². The molecule has 2 aliphatic rings. The summed E-state index contributed by atoms with van der Waals surface area (Å²) < 4.78 is 18.2. The fourth-order valence-corrected chi connectivity index (χ4v) is 6.60. The van der Waals surface area contributed by atoms with Crippen molar-refractivity contribution in [3.8, 4) is 0 Å². The number of hydroxylamine groups is 1. The number of aromatic nitrogens is 1. The van der Waals surface area contributed by atoms with Gasteiger partial charge in [0, 0.05) is 67.2 Å². The molecule has 3 amide bonds. The lowest BCUT2D eigenvalue weighted by Gasteiger charge is -2.41. The second-order valence-corrected chi connectivity index (χ2v) is 12.5. The number of likely N-dealkylation sites (tertiary alicyclic amines) is 2. The van der Waals surface area contributed by atoms with E-state index in [1.807, 2.05) is 26.0 Å². The van der Waals surface area contributed by atoms with E-state index in [2.05, 4.69) is 46.0 Å². The van der Waals surface area contributed by atoms with Crippen molar-refractivity contribution < 1.29 is 19.2 Å². The van der Waals surface area contributed by atoms with Crippen molar-refractivity contribution in [1.29, 1.82) is 0 Å². The van der Waals surface area contributed by atoms with Crippen LogP contribution in [0.1, 0.15) is 66.7 Å². The summed E-state index contributed by atoms with van der Waals surface area (Å²) in [6, 6.07) is 15.9. The minimum Gasteiger partial charge on any atom is -0.344 e. The molecule has 2 saturated heterocycles. The van der Waals surface area contributed by atoms with Gasteiger partial charge in [-0.3, -0.25) is 10.0 Å². The minimum atomic E-state index is -1.23. The van der Waals surface area contributed by atoms with Crippen LogP contribution in [0.25, 0.3) is 10.9 Å². The van der Waals surface area contributed by atoms with Crippen LogP contribution in [0.15, 0.2) is 48.5 Å². The molecule has 5 rings (SSSR count). The van der Waals surface area contributed by atoms with Gasteiger partial charge in [0.25, 0.3) is 5.91 Å². The highest BCUT2D eigenvalue weighted by Gasteiger charge is 2.38. The molecule has 0 aliphatic carbocycles. The Balaban J connectivity index is 1.19. The predicted molar refractivity (Wildman–Crippen MR) is 163 cm³/mol. The molecule has 2 fully saturated rings. The van der Waals surface area contributed by atoms with E-state index in [-0.39, 0.29) is 12.1 Å². The Morgan fingerprint density at radius 3 is 2.33 bits per heavy atom. The lowest BCUT2D eigenvalue weighted by molar-refractivity contribution is 0.0227. The second-order valence-electron chi connectivity index (χ2n) is 12.5. The molecular formula is C33H44FN5O3. The lowest BCUT2D eigenvalue weighted by Crippen LogP contribution is -2.53. The first-order valence-corrected chi connectivity index (χ1v) is 15.2. The highest BCUT2D eigenvalue weighted by atomic mass is 19.1. The van der Waals surface area contributed by atoms with Crippen LogP contribution in [-0.4, -0.2) is 75.9 Å². The molecular weight excluding hydrogens is 533 g/mol. The summed E-state index contributed by atoms with van der Waals surface area (Å²) in [7, 11) is 0. The highest BCUT2D eigenvalue weighted by Crippen LogP contribution is 2.33. The SMILES string of the molecule is Cc1c(Cc2ccc(C(=O)NO)cc2)c2ccccc2n1CC1CCN(CC2(F)CCN(C(=O)NC(C)C)CC2)CC1. The van der Waals surface area contributed by atoms with Crippen LogP contribution in [0, 0.1) is 12.8 Å². The maximum atomic E-state index is 15.8. The van der Waals surface area contributed by atoms with Gasteiger partial charge in [-0.2, -0.15) is 0 Å². The average Bonchev–Trinajstić information content (AvgIpc) is 3.24. The van der Waals surface area contributed by atoms with Crippen LogP contribution in [-0.2, 0) is 13.0 Å². The first-order valence-electron chi connectivity index (χ1n) is 15.2. The number of halogens is 1. The Morgan fingerprint density at radius 2 is 1.69 bits per heavy atom. The van der Waals surface area contributed by atoms with Gasteiger partial charge in [-0.05, 0) is 88.4 Å². The Morgan fingerprint density at radius 1 is 1.02 bits per heavy atom. The minimum absolute atomic E-state index is 0.0806. The number of nitrogens with one attached hydrogen (secondary N) is 2. The number of rotatable bonds is 8. The maximum Gasteiger partial charge on any atom is 0.317 e. The van der Waals surface area contributed by atoms with Gasteiger partial charge in [0.1, 0.15) is 5.67 Å². The first kappa shape index (κ1) is 30.0. The van der Waals surface area contributed by atoms with E-state index in [0.717, 1.165) is 44.5 Å². The zero-order valence-corrected chi connectivity index (χ0v) is 25.0. The topological polar surface area (TPSA) is 89.8 Å². The number of urea groups is 1. The predicted octanol–water partition coefficient (Wildman–Crippen LogP) is 5.29. The molecule has 0 bridgehead atoms. The molecule has 0 atom stereocenters. The quantitative estimate of drug-likeness (QED) is 0.251. The van der Waals surface area contributed by atoms with Gasteiger partial charge >= 0.3 is 6.03 Å². The molecule has 2 aliphatic heterocycles. The summed E-state index contributed by atoms with van der Waals surface area (Å²) >= 11 is 0. The molecule has 0 saturated carbocycles.